The summed E-state index contributed by atoms with van der Waals surface area (Å²) in [6.45, 7) is 0. The van der Waals surface area contributed by atoms with E-state index in [2.05, 4.69) is 10.3 Å². The van der Waals surface area contributed by atoms with Crippen molar-refractivity contribution in [2.24, 2.45) is 0 Å². The van der Waals surface area contributed by atoms with E-state index < -0.39 is 0 Å². The van der Waals surface area contributed by atoms with Crippen molar-refractivity contribution in [2.75, 3.05) is 11.1 Å². The van der Waals surface area contributed by atoms with E-state index in [0.717, 1.165) is 31.4 Å². The van der Waals surface area contributed by atoms with Gasteiger partial charge in [0.1, 0.15) is 5.82 Å². The van der Waals surface area contributed by atoms with Crippen molar-refractivity contribution >= 4 is 37.0 Å². The number of amides is 1. The number of anilines is 1. The second kappa shape index (κ2) is 11.7. The van der Waals surface area contributed by atoms with Crippen LogP contribution in [0.25, 0.3) is 0 Å². The number of carbonyl (C=O) groups excluding carboxylic acids is 1. The van der Waals surface area contributed by atoms with Gasteiger partial charge in [-0.25, -0.2) is 4.98 Å². The van der Waals surface area contributed by atoms with Crippen LogP contribution in [0.1, 0.15) is 32.1 Å². The average molecular weight is 348 g/mol. The van der Waals surface area contributed by atoms with Gasteiger partial charge < -0.3 is 30.6 Å². The summed E-state index contributed by atoms with van der Waals surface area (Å²) in [5.74, 6) is 1.37. The first-order valence-electron chi connectivity index (χ1n) is 6.17. The van der Waals surface area contributed by atoms with Gasteiger partial charge in [0.25, 0.3) is 0 Å². The Morgan fingerprint density at radius 1 is 1.32 bits per heavy atom. The molecule has 0 aliphatic rings. The van der Waals surface area contributed by atoms with Crippen LogP contribution >= 0.6 is 0 Å². The van der Waals surface area contributed by atoms with Gasteiger partial charge in [-0.1, -0.05) is 25.3 Å². The predicted molar refractivity (Wildman–Crippen MR) is 79.3 cm³/mol. The van der Waals surface area contributed by atoms with E-state index in [1.165, 1.54) is 0 Å². The van der Waals surface area contributed by atoms with Crippen molar-refractivity contribution in [3.8, 4) is 0 Å². The molecule has 0 aromatic carbocycles. The summed E-state index contributed by atoms with van der Waals surface area (Å²) < 4.78 is 0. The molecule has 1 atom stereocenters. The van der Waals surface area contributed by atoms with E-state index in [-0.39, 0.29) is 30.6 Å². The van der Waals surface area contributed by atoms with Gasteiger partial charge >= 0.3 is 19.5 Å². The SMILES string of the molecule is O=C(CCCC([S-])CCC[S-])Nc1ccccn1.[Zn+2]. The molecule has 0 spiro atoms. The molecule has 1 N–H and O–H groups in total. The van der Waals surface area contributed by atoms with E-state index in [0.29, 0.717) is 12.2 Å². The Morgan fingerprint density at radius 2 is 2.05 bits per heavy atom. The number of pyridine rings is 1. The van der Waals surface area contributed by atoms with Gasteiger partial charge in [-0.2, -0.15) is 11.0 Å². The second-order valence-corrected chi connectivity index (χ2v) is 5.20. The number of nitrogens with zero attached hydrogens (tertiary/aromatic N) is 1. The molecular weight excluding hydrogens is 330 g/mol. The third-order valence-electron chi connectivity index (χ3n) is 2.53. The molecule has 0 aliphatic carbocycles. The molecule has 1 heterocycles. The van der Waals surface area contributed by atoms with Crippen LogP contribution in [0.4, 0.5) is 5.82 Å². The molecule has 0 saturated carbocycles. The standard InChI is InChI=1S/C13H20N2OS2.Zn/c16-13(15-12-7-1-2-9-14-12)8-3-5-11(18)6-4-10-17;/h1-2,7,9,11,17-18H,3-6,8,10H2,(H,14,15,16);/q;+2/p-2. The minimum atomic E-state index is -0.000769. The van der Waals surface area contributed by atoms with Gasteiger partial charge in [0.05, 0.1) is 0 Å². The van der Waals surface area contributed by atoms with Crippen LogP contribution in [0.15, 0.2) is 24.4 Å². The predicted octanol–water partition coefficient (Wildman–Crippen LogP) is 2.43. The first-order valence-corrected chi connectivity index (χ1v) is 7.22. The fourth-order valence-electron chi connectivity index (χ4n) is 1.59. The molecule has 3 nitrogen and oxygen atoms in total. The number of hydrogen-bond acceptors (Lipinski definition) is 4. The van der Waals surface area contributed by atoms with Crippen molar-refractivity contribution in [2.45, 2.75) is 37.4 Å². The number of aromatic nitrogens is 1. The number of rotatable bonds is 8. The third kappa shape index (κ3) is 9.47. The molecule has 0 fully saturated rings. The first-order chi connectivity index (χ1) is 8.72. The van der Waals surface area contributed by atoms with Crippen molar-refractivity contribution in [3.63, 3.8) is 0 Å². The zero-order chi connectivity index (χ0) is 13.2. The number of nitrogens with one attached hydrogen (secondary N) is 1. The van der Waals surface area contributed by atoms with Crippen LogP contribution in [0.5, 0.6) is 0 Å². The number of hydrogen-bond donors (Lipinski definition) is 1. The Labute approximate surface area is 138 Å². The van der Waals surface area contributed by atoms with Crippen LogP contribution in [0.2, 0.25) is 0 Å². The maximum atomic E-state index is 11.6. The molecule has 19 heavy (non-hydrogen) atoms. The molecule has 0 radical (unpaired) electrons. The molecule has 100 valence electrons. The van der Waals surface area contributed by atoms with Crippen LogP contribution < -0.4 is 5.32 Å². The smallest absolute Gasteiger partial charge is 0.793 e. The second-order valence-electron chi connectivity index (χ2n) is 4.12. The minimum Gasteiger partial charge on any atom is -0.793 e. The number of carbonyl (C=O) groups is 1. The Kier molecular flexibility index (Phi) is 11.7. The van der Waals surface area contributed by atoms with E-state index in [4.69, 9.17) is 25.3 Å². The van der Waals surface area contributed by atoms with Gasteiger partial charge in [0.2, 0.25) is 5.91 Å². The minimum absolute atomic E-state index is 0. The Morgan fingerprint density at radius 3 is 2.68 bits per heavy atom. The van der Waals surface area contributed by atoms with E-state index >= 15 is 0 Å². The fraction of sp³-hybridized carbons (Fsp3) is 0.538. The fourth-order valence-corrected chi connectivity index (χ4v) is 2.09. The van der Waals surface area contributed by atoms with Gasteiger partial charge in [0.15, 0.2) is 0 Å². The molecule has 0 saturated heterocycles. The summed E-state index contributed by atoms with van der Waals surface area (Å²) in [7, 11) is 0. The van der Waals surface area contributed by atoms with Crippen LogP contribution in [0.3, 0.4) is 0 Å². The molecule has 1 aromatic rings. The van der Waals surface area contributed by atoms with Crippen molar-refractivity contribution in [3.05, 3.63) is 24.4 Å². The average Bonchev–Trinajstić information content (AvgIpc) is 2.37. The van der Waals surface area contributed by atoms with Crippen LogP contribution in [-0.2, 0) is 49.5 Å². The zero-order valence-electron chi connectivity index (χ0n) is 11.0. The van der Waals surface area contributed by atoms with E-state index in [1.54, 1.807) is 12.3 Å². The Hall–Kier alpha value is -0.0566. The summed E-state index contributed by atoms with van der Waals surface area (Å²) in [6.07, 6.45) is 5.87. The Balaban J connectivity index is 0.00000324. The summed E-state index contributed by atoms with van der Waals surface area (Å²) in [5, 5.41) is 3.00. The summed E-state index contributed by atoms with van der Waals surface area (Å²) in [4.78, 5) is 15.6. The third-order valence-corrected chi connectivity index (χ3v) is 3.29. The quantitative estimate of drug-likeness (QED) is 0.579. The summed E-state index contributed by atoms with van der Waals surface area (Å²) in [6, 6.07) is 5.44. The van der Waals surface area contributed by atoms with Gasteiger partial charge in [-0.15, -0.1) is 0 Å². The maximum absolute atomic E-state index is 11.6. The first kappa shape index (κ1) is 18.9. The largest absolute Gasteiger partial charge is 2.00 e. The van der Waals surface area contributed by atoms with Gasteiger partial charge in [-0.05, 0) is 18.6 Å². The maximum Gasteiger partial charge on any atom is 2.00 e. The molecule has 1 unspecified atom stereocenters. The molecule has 1 rings (SSSR count). The topological polar surface area (TPSA) is 42.0 Å². The molecular formula is C13H18N2OS2Zn. The van der Waals surface area contributed by atoms with E-state index in [1.807, 2.05) is 12.1 Å². The van der Waals surface area contributed by atoms with Crippen LogP contribution in [0, 0.1) is 0 Å². The van der Waals surface area contributed by atoms with Crippen molar-refractivity contribution < 1.29 is 24.3 Å². The van der Waals surface area contributed by atoms with Crippen molar-refractivity contribution in [1.82, 2.24) is 4.98 Å². The molecule has 1 amide bonds. The summed E-state index contributed by atoms with van der Waals surface area (Å²) in [5.41, 5.74) is 0. The molecule has 1 aromatic heterocycles. The van der Waals surface area contributed by atoms with Gasteiger partial charge in [-0.3, -0.25) is 4.79 Å². The normalized spacial score (nSPS) is 11.5. The van der Waals surface area contributed by atoms with Crippen molar-refractivity contribution in [1.29, 1.82) is 0 Å². The van der Waals surface area contributed by atoms with E-state index in [9.17, 15) is 4.79 Å². The molecule has 0 bridgehead atoms. The monoisotopic (exact) mass is 346 g/mol. The Bertz CT molecular complexity index is 352. The van der Waals surface area contributed by atoms with Crippen LogP contribution in [-0.4, -0.2) is 21.9 Å². The summed E-state index contributed by atoms with van der Waals surface area (Å²) >= 11 is 10.2. The zero-order valence-corrected chi connectivity index (χ0v) is 15.6. The van der Waals surface area contributed by atoms with Gasteiger partial charge in [0, 0.05) is 12.6 Å². The molecule has 6 heteroatoms. The molecule has 0 aliphatic heterocycles.